The minimum absolute atomic E-state index is 0.101. The fourth-order valence-corrected chi connectivity index (χ4v) is 1.65. The number of pyridine rings is 1. The number of H-pyrrole nitrogens is 1. The number of aliphatic hydroxyl groups excluding tert-OH is 2. The summed E-state index contributed by atoms with van der Waals surface area (Å²) < 4.78 is 0. The minimum Gasteiger partial charge on any atom is -0.395 e. The number of nitrogens with one attached hydrogen (secondary N) is 2. The van der Waals surface area contributed by atoms with Gasteiger partial charge in [0.05, 0.1) is 31.1 Å². The summed E-state index contributed by atoms with van der Waals surface area (Å²) in [5.74, 6) is 0. The second kappa shape index (κ2) is 6.25. The van der Waals surface area contributed by atoms with E-state index in [1.165, 1.54) is 0 Å². The molecule has 0 aromatic carbocycles. The largest absolute Gasteiger partial charge is 0.395 e. The van der Waals surface area contributed by atoms with Gasteiger partial charge in [0.2, 0.25) is 0 Å². The third kappa shape index (κ3) is 2.92. The molecule has 0 saturated heterocycles. The topological polar surface area (TPSA) is 94.1 Å². The second-order valence-electron chi connectivity index (χ2n) is 3.95. The summed E-state index contributed by atoms with van der Waals surface area (Å²) in [7, 11) is 0. The number of hydrogen-bond donors (Lipinski definition) is 4. The van der Waals surface area contributed by atoms with Crippen LogP contribution in [0.4, 0.5) is 0 Å². The number of rotatable bonds is 6. The number of aromatic amines is 1. The molecule has 0 fully saturated rings. The number of nitrogens with zero attached hydrogens (tertiary/aromatic N) is 2. The van der Waals surface area contributed by atoms with Crippen LogP contribution < -0.4 is 5.32 Å². The van der Waals surface area contributed by atoms with E-state index in [1.807, 2.05) is 12.1 Å². The Morgan fingerprint density at radius 3 is 2.78 bits per heavy atom. The van der Waals surface area contributed by atoms with Crippen LogP contribution in [0.2, 0.25) is 0 Å². The summed E-state index contributed by atoms with van der Waals surface area (Å²) in [5.41, 5.74) is 2.82. The Morgan fingerprint density at radius 1 is 1.28 bits per heavy atom. The van der Waals surface area contributed by atoms with E-state index in [9.17, 15) is 0 Å². The predicted octanol–water partition coefficient (Wildman–Crippen LogP) is -0.0855. The van der Waals surface area contributed by atoms with Crippen molar-refractivity contribution in [3.63, 3.8) is 0 Å². The van der Waals surface area contributed by atoms with Gasteiger partial charge < -0.3 is 15.5 Å². The second-order valence-corrected chi connectivity index (χ2v) is 3.95. The Labute approximate surface area is 105 Å². The highest BCUT2D eigenvalue weighted by atomic mass is 16.3. The number of aromatic nitrogens is 3. The fourth-order valence-electron chi connectivity index (χ4n) is 1.65. The van der Waals surface area contributed by atoms with Crippen molar-refractivity contribution in [2.75, 3.05) is 13.2 Å². The van der Waals surface area contributed by atoms with Crippen LogP contribution in [0.15, 0.2) is 30.7 Å². The highest BCUT2D eigenvalue weighted by Gasteiger charge is 2.10. The van der Waals surface area contributed by atoms with Crippen LogP contribution >= 0.6 is 0 Å². The standard InChI is InChI=1S/C12H16N4O2/c17-7-11(8-18)14-5-10-6-15-16-12(10)9-2-1-3-13-4-9/h1-4,6,11,14,17-18H,5,7-8H2,(H,15,16). The van der Waals surface area contributed by atoms with Crippen molar-refractivity contribution in [2.45, 2.75) is 12.6 Å². The van der Waals surface area contributed by atoms with Gasteiger partial charge in [-0.05, 0) is 12.1 Å². The molecule has 0 aliphatic rings. The summed E-state index contributed by atoms with van der Waals surface area (Å²) >= 11 is 0. The van der Waals surface area contributed by atoms with Crippen molar-refractivity contribution >= 4 is 0 Å². The van der Waals surface area contributed by atoms with Gasteiger partial charge in [-0.3, -0.25) is 10.1 Å². The molecule has 0 bridgehead atoms. The molecular weight excluding hydrogens is 232 g/mol. The van der Waals surface area contributed by atoms with Gasteiger partial charge in [0.1, 0.15) is 0 Å². The van der Waals surface area contributed by atoms with Crippen LogP contribution in [0, 0.1) is 0 Å². The molecule has 0 atom stereocenters. The molecule has 4 N–H and O–H groups in total. The van der Waals surface area contributed by atoms with Crippen molar-refractivity contribution in [1.29, 1.82) is 0 Å². The molecule has 2 aromatic rings. The summed E-state index contributed by atoms with van der Waals surface area (Å²) in [6.45, 7) is 0.319. The van der Waals surface area contributed by atoms with Gasteiger partial charge in [0.25, 0.3) is 0 Å². The van der Waals surface area contributed by atoms with E-state index in [0.29, 0.717) is 6.54 Å². The summed E-state index contributed by atoms with van der Waals surface area (Å²) in [6.07, 6.45) is 5.19. The molecule has 6 nitrogen and oxygen atoms in total. The average Bonchev–Trinajstić information content (AvgIpc) is 2.89. The molecule has 0 aliphatic heterocycles. The van der Waals surface area contributed by atoms with Gasteiger partial charge in [-0.25, -0.2) is 0 Å². The first-order chi connectivity index (χ1) is 8.85. The Balaban J connectivity index is 2.09. The number of hydrogen-bond acceptors (Lipinski definition) is 5. The minimum atomic E-state index is -0.318. The zero-order valence-electron chi connectivity index (χ0n) is 9.87. The van der Waals surface area contributed by atoms with E-state index >= 15 is 0 Å². The first-order valence-corrected chi connectivity index (χ1v) is 5.73. The van der Waals surface area contributed by atoms with E-state index in [1.54, 1.807) is 18.6 Å². The Morgan fingerprint density at radius 2 is 2.11 bits per heavy atom. The molecule has 96 valence electrons. The molecule has 0 unspecified atom stereocenters. The molecular formula is C12H16N4O2. The zero-order valence-corrected chi connectivity index (χ0v) is 9.87. The Hall–Kier alpha value is -1.76. The maximum absolute atomic E-state index is 8.99. The molecule has 18 heavy (non-hydrogen) atoms. The van der Waals surface area contributed by atoms with Gasteiger partial charge in [0, 0.05) is 30.1 Å². The van der Waals surface area contributed by atoms with Crippen LogP contribution in [0.25, 0.3) is 11.3 Å². The van der Waals surface area contributed by atoms with Crippen molar-refractivity contribution in [3.8, 4) is 11.3 Å². The van der Waals surface area contributed by atoms with Crippen molar-refractivity contribution in [1.82, 2.24) is 20.5 Å². The quantitative estimate of drug-likeness (QED) is 0.573. The van der Waals surface area contributed by atoms with E-state index < -0.39 is 0 Å². The van der Waals surface area contributed by atoms with Crippen molar-refractivity contribution in [2.24, 2.45) is 0 Å². The van der Waals surface area contributed by atoms with Crippen LogP contribution in [-0.2, 0) is 6.54 Å². The molecule has 0 spiro atoms. The van der Waals surface area contributed by atoms with Crippen LogP contribution in [0.3, 0.4) is 0 Å². The van der Waals surface area contributed by atoms with Crippen molar-refractivity contribution in [3.05, 3.63) is 36.3 Å². The SMILES string of the molecule is OCC(CO)NCc1cn[nH]c1-c1cccnc1. The molecule has 2 aromatic heterocycles. The summed E-state index contributed by atoms with van der Waals surface area (Å²) in [4.78, 5) is 4.06. The lowest BCUT2D eigenvalue weighted by atomic mass is 10.1. The maximum Gasteiger partial charge on any atom is 0.0710 e. The lowest BCUT2D eigenvalue weighted by Crippen LogP contribution is -2.35. The number of aliphatic hydroxyl groups is 2. The zero-order chi connectivity index (χ0) is 12.8. The van der Waals surface area contributed by atoms with E-state index in [4.69, 9.17) is 10.2 Å². The van der Waals surface area contributed by atoms with Crippen LogP contribution in [0.1, 0.15) is 5.56 Å². The van der Waals surface area contributed by atoms with Gasteiger partial charge in [-0.2, -0.15) is 5.10 Å². The third-order valence-corrected chi connectivity index (χ3v) is 2.69. The smallest absolute Gasteiger partial charge is 0.0710 e. The molecule has 2 heterocycles. The molecule has 0 radical (unpaired) electrons. The van der Waals surface area contributed by atoms with E-state index in [-0.39, 0.29) is 19.3 Å². The predicted molar refractivity (Wildman–Crippen MR) is 66.6 cm³/mol. The van der Waals surface area contributed by atoms with Crippen LogP contribution in [0.5, 0.6) is 0 Å². The van der Waals surface area contributed by atoms with Crippen molar-refractivity contribution < 1.29 is 10.2 Å². The third-order valence-electron chi connectivity index (χ3n) is 2.69. The van der Waals surface area contributed by atoms with Gasteiger partial charge in [0.15, 0.2) is 0 Å². The maximum atomic E-state index is 8.99. The summed E-state index contributed by atoms with van der Waals surface area (Å²) in [6, 6.07) is 3.48. The fraction of sp³-hybridized carbons (Fsp3) is 0.333. The molecule has 0 aliphatic carbocycles. The average molecular weight is 248 g/mol. The highest BCUT2D eigenvalue weighted by molar-refractivity contribution is 5.61. The van der Waals surface area contributed by atoms with Gasteiger partial charge >= 0.3 is 0 Å². The lowest BCUT2D eigenvalue weighted by Gasteiger charge is -2.13. The lowest BCUT2D eigenvalue weighted by molar-refractivity contribution is 0.170. The molecule has 2 rings (SSSR count). The molecule has 0 amide bonds. The van der Waals surface area contributed by atoms with Crippen LogP contribution in [-0.4, -0.2) is 44.7 Å². The Kier molecular flexibility index (Phi) is 4.40. The Bertz CT molecular complexity index is 468. The van der Waals surface area contributed by atoms with E-state index in [0.717, 1.165) is 16.8 Å². The summed E-state index contributed by atoms with van der Waals surface area (Å²) in [5, 5.41) is 28.0. The normalized spacial score (nSPS) is 11.1. The van der Waals surface area contributed by atoms with Gasteiger partial charge in [-0.1, -0.05) is 0 Å². The monoisotopic (exact) mass is 248 g/mol. The van der Waals surface area contributed by atoms with Gasteiger partial charge in [-0.15, -0.1) is 0 Å². The molecule has 0 saturated carbocycles. The molecule has 6 heteroatoms. The first kappa shape index (κ1) is 12.7. The van der Waals surface area contributed by atoms with E-state index in [2.05, 4.69) is 20.5 Å². The first-order valence-electron chi connectivity index (χ1n) is 5.73. The highest BCUT2D eigenvalue weighted by Crippen LogP contribution is 2.19.